The number of hydrogen-bond acceptors (Lipinski definition) is 4. The third-order valence-corrected chi connectivity index (χ3v) is 2.22. The van der Waals surface area contributed by atoms with Crippen LogP contribution in [0.3, 0.4) is 0 Å². The number of esters is 1. The highest BCUT2D eigenvalue weighted by Crippen LogP contribution is 2.21. The summed E-state index contributed by atoms with van der Waals surface area (Å²) in [5.74, 6) is -2.34. The van der Waals surface area contributed by atoms with Gasteiger partial charge in [0.2, 0.25) is 0 Å². The predicted octanol–water partition coefficient (Wildman–Crippen LogP) is 1.20. The molecule has 0 aliphatic heterocycles. The van der Waals surface area contributed by atoms with Crippen LogP contribution in [-0.4, -0.2) is 28.7 Å². The van der Waals surface area contributed by atoms with Gasteiger partial charge in [0, 0.05) is 5.39 Å². The lowest BCUT2D eigenvalue weighted by molar-refractivity contribution is -0.152. The number of rotatable bonds is 2. The minimum Gasteiger partial charge on any atom is -0.459 e. The summed E-state index contributed by atoms with van der Waals surface area (Å²) in [6.07, 6.45) is 0. The molecule has 0 aliphatic carbocycles. The maximum Gasteiger partial charge on any atom is 0.397 e. The quantitative estimate of drug-likeness (QED) is 0.620. The number of carbonyl (C=O) groups excluding carboxylic acids is 2. The number of H-pyrrole nitrogens is 1. The SMILES string of the molecule is CCOC(=O)C(=O)Nc1n[nH]c2ccc(F)cc12. The van der Waals surface area contributed by atoms with Crippen LogP contribution in [0.25, 0.3) is 10.9 Å². The zero-order valence-corrected chi connectivity index (χ0v) is 9.49. The van der Waals surface area contributed by atoms with Crippen molar-refractivity contribution in [3.8, 4) is 0 Å². The van der Waals surface area contributed by atoms with Crippen LogP contribution in [-0.2, 0) is 14.3 Å². The molecule has 2 rings (SSSR count). The molecule has 0 unspecified atom stereocenters. The number of amides is 1. The summed E-state index contributed by atoms with van der Waals surface area (Å²) in [6.45, 7) is 1.69. The Kier molecular flexibility index (Phi) is 3.22. The molecule has 94 valence electrons. The van der Waals surface area contributed by atoms with E-state index in [0.29, 0.717) is 10.9 Å². The van der Waals surface area contributed by atoms with E-state index >= 15 is 0 Å². The molecular weight excluding hydrogens is 241 g/mol. The summed E-state index contributed by atoms with van der Waals surface area (Å²) >= 11 is 0. The molecule has 0 bridgehead atoms. The van der Waals surface area contributed by atoms with E-state index in [2.05, 4.69) is 20.3 Å². The number of aromatic nitrogens is 2. The number of nitrogens with zero attached hydrogens (tertiary/aromatic N) is 1. The molecule has 0 saturated carbocycles. The first-order chi connectivity index (χ1) is 8.61. The second kappa shape index (κ2) is 4.82. The van der Waals surface area contributed by atoms with E-state index in [1.807, 2.05) is 0 Å². The van der Waals surface area contributed by atoms with Crippen LogP contribution in [0.2, 0.25) is 0 Å². The lowest BCUT2D eigenvalue weighted by atomic mass is 10.2. The molecular formula is C11H10FN3O3. The Bertz CT molecular complexity index is 609. The number of carbonyl (C=O) groups is 2. The van der Waals surface area contributed by atoms with Crippen molar-refractivity contribution in [1.82, 2.24) is 10.2 Å². The number of ether oxygens (including phenoxy) is 1. The fourth-order valence-electron chi connectivity index (χ4n) is 1.44. The van der Waals surface area contributed by atoms with Gasteiger partial charge in [-0.3, -0.25) is 15.2 Å². The van der Waals surface area contributed by atoms with Gasteiger partial charge in [-0.25, -0.2) is 9.18 Å². The van der Waals surface area contributed by atoms with Gasteiger partial charge in [-0.1, -0.05) is 0 Å². The van der Waals surface area contributed by atoms with E-state index in [1.54, 1.807) is 6.92 Å². The van der Waals surface area contributed by atoms with E-state index in [-0.39, 0.29) is 12.4 Å². The number of fused-ring (bicyclic) bond motifs is 1. The maximum atomic E-state index is 13.1. The minimum atomic E-state index is -1.01. The maximum absolute atomic E-state index is 13.1. The summed E-state index contributed by atoms with van der Waals surface area (Å²) in [5, 5.41) is 9.03. The summed E-state index contributed by atoms with van der Waals surface area (Å²) < 4.78 is 17.6. The predicted molar refractivity (Wildman–Crippen MR) is 61.3 cm³/mol. The Hall–Kier alpha value is -2.44. The van der Waals surface area contributed by atoms with Crippen LogP contribution < -0.4 is 5.32 Å². The van der Waals surface area contributed by atoms with Crippen LogP contribution in [0, 0.1) is 5.82 Å². The zero-order chi connectivity index (χ0) is 13.1. The molecule has 0 saturated heterocycles. The summed E-state index contributed by atoms with van der Waals surface area (Å²) in [4.78, 5) is 22.5. The smallest absolute Gasteiger partial charge is 0.397 e. The van der Waals surface area contributed by atoms with E-state index in [4.69, 9.17) is 0 Å². The number of halogens is 1. The van der Waals surface area contributed by atoms with E-state index in [9.17, 15) is 14.0 Å². The monoisotopic (exact) mass is 251 g/mol. The molecule has 1 heterocycles. The molecule has 1 aromatic carbocycles. The van der Waals surface area contributed by atoms with E-state index < -0.39 is 17.7 Å². The van der Waals surface area contributed by atoms with Crippen molar-refractivity contribution < 1.29 is 18.7 Å². The first-order valence-corrected chi connectivity index (χ1v) is 5.23. The lowest BCUT2D eigenvalue weighted by Crippen LogP contribution is -2.25. The fraction of sp³-hybridized carbons (Fsp3) is 0.182. The van der Waals surface area contributed by atoms with Crippen LogP contribution in [0.1, 0.15) is 6.92 Å². The molecule has 7 heteroatoms. The van der Waals surface area contributed by atoms with Crippen molar-refractivity contribution in [2.75, 3.05) is 11.9 Å². The Morgan fingerprint density at radius 1 is 1.50 bits per heavy atom. The third-order valence-electron chi connectivity index (χ3n) is 2.22. The highest BCUT2D eigenvalue weighted by molar-refractivity contribution is 6.37. The van der Waals surface area contributed by atoms with Gasteiger partial charge in [0.15, 0.2) is 5.82 Å². The molecule has 2 aromatic rings. The zero-order valence-electron chi connectivity index (χ0n) is 9.49. The Morgan fingerprint density at radius 3 is 3.00 bits per heavy atom. The normalized spacial score (nSPS) is 10.3. The van der Waals surface area contributed by atoms with Gasteiger partial charge in [-0.2, -0.15) is 5.10 Å². The minimum absolute atomic E-state index is 0.0857. The number of benzene rings is 1. The molecule has 0 radical (unpaired) electrons. The summed E-state index contributed by atoms with van der Waals surface area (Å²) in [6, 6.07) is 3.95. The van der Waals surface area contributed by atoms with Crippen LogP contribution in [0.4, 0.5) is 10.2 Å². The van der Waals surface area contributed by atoms with Gasteiger partial charge < -0.3 is 4.74 Å². The van der Waals surface area contributed by atoms with Gasteiger partial charge in [0.05, 0.1) is 12.1 Å². The highest BCUT2D eigenvalue weighted by Gasteiger charge is 2.17. The van der Waals surface area contributed by atoms with Crippen molar-refractivity contribution in [3.63, 3.8) is 0 Å². The van der Waals surface area contributed by atoms with E-state index in [0.717, 1.165) is 0 Å². The molecule has 6 nitrogen and oxygen atoms in total. The molecule has 1 aromatic heterocycles. The summed E-state index contributed by atoms with van der Waals surface area (Å²) in [5.41, 5.74) is 0.551. The first-order valence-electron chi connectivity index (χ1n) is 5.23. The molecule has 1 amide bonds. The number of hydrogen-bond donors (Lipinski definition) is 2. The van der Waals surface area contributed by atoms with Crippen LogP contribution in [0.15, 0.2) is 18.2 Å². The van der Waals surface area contributed by atoms with Gasteiger partial charge in [0.25, 0.3) is 0 Å². The Balaban J connectivity index is 2.24. The largest absolute Gasteiger partial charge is 0.459 e. The second-order valence-electron chi connectivity index (χ2n) is 3.44. The van der Waals surface area contributed by atoms with Crippen molar-refractivity contribution in [1.29, 1.82) is 0 Å². The van der Waals surface area contributed by atoms with Crippen LogP contribution >= 0.6 is 0 Å². The van der Waals surface area contributed by atoms with Crippen LogP contribution in [0.5, 0.6) is 0 Å². The fourth-order valence-corrected chi connectivity index (χ4v) is 1.44. The topological polar surface area (TPSA) is 84.1 Å². The Labute approximate surface area is 101 Å². The molecule has 0 atom stereocenters. The van der Waals surface area contributed by atoms with Gasteiger partial charge in [0.1, 0.15) is 5.82 Å². The second-order valence-corrected chi connectivity index (χ2v) is 3.44. The number of aromatic amines is 1. The van der Waals surface area contributed by atoms with E-state index in [1.165, 1.54) is 18.2 Å². The molecule has 0 aliphatic rings. The Morgan fingerprint density at radius 2 is 2.28 bits per heavy atom. The lowest BCUT2D eigenvalue weighted by Gasteiger charge is -2.01. The van der Waals surface area contributed by atoms with Crippen molar-refractivity contribution in [3.05, 3.63) is 24.0 Å². The van der Waals surface area contributed by atoms with Crippen molar-refractivity contribution in [2.24, 2.45) is 0 Å². The van der Waals surface area contributed by atoms with Crippen molar-refractivity contribution in [2.45, 2.75) is 6.92 Å². The summed E-state index contributed by atoms with van der Waals surface area (Å²) in [7, 11) is 0. The molecule has 2 N–H and O–H groups in total. The molecule has 0 fully saturated rings. The number of anilines is 1. The average molecular weight is 251 g/mol. The standard InChI is InChI=1S/C11H10FN3O3/c1-2-18-11(17)10(16)13-9-7-5-6(12)3-4-8(7)14-15-9/h3-5H,2H2,1H3,(H2,13,14,15,16). The third kappa shape index (κ3) is 2.29. The molecule has 18 heavy (non-hydrogen) atoms. The number of nitrogens with one attached hydrogen (secondary N) is 2. The van der Waals surface area contributed by atoms with Crippen molar-refractivity contribution >= 4 is 28.6 Å². The molecule has 0 spiro atoms. The first kappa shape index (κ1) is 12.0. The van der Waals surface area contributed by atoms with Gasteiger partial charge >= 0.3 is 11.9 Å². The van der Waals surface area contributed by atoms with Gasteiger partial charge in [-0.05, 0) is 25.1 Å². The average Bonchev–Trinajstić information content (AvgIpc) is 2.72. The highest BCUT2D eigenvalue weighted by atomic mass is 19.1. The van der Waals surface area contributed by atoms with Gasteiger partial charge in [-0.15, -0.1) is 0 Å².